The van der Waals surface area contributed by atoms with E-state index in [4.69, 9.17) is 4.74 Å². The third-order valence-corrected chi connectivity index (χ3v) is 5.07. The molecular formula is C14H23N3O3S. The van der Waals surface area contributed by atoms with Crippen molar-refractivity contribution >= 4 is 22.4 Å². The van der Waals surface area contributed by atoms with Crippen LogP contribution < -0.4 is 4.90 Å². The van der Waals surface area contributed by atoms with Crippen LogP contribution in [-0.4, -0.2) is 60.3 Å². The zero-order chi connectivity index (χ0) is 15.4. The Labute approximate surface area is 129 Å². The van der Waals surface area contributed by atoms with Gasteiger partial charge in [0.2, 0.25) is 0 Å². The third kappa shape index (κ3) is 3.53. The summed E-state index contributed by atoms with van der Waals surface area (Å²) in [6, 6.07) is 0.531. The summed E-state index contributed by atoms with van der Waals surface area (Å²) < 4.78 is 5.04. The van der Waals surface area contributed by atoms with Crippen molar-refractivity contribution in [3.8, 4) is 0 Å². The van der Waals surface area contributed by atoms with Crippen LogP contribution in [0.4, 0.5) is 5.13 Å². The fraction of sp³-hybridized carbons (Fsp3) is 0.714. The lowest BCUT2D eigenvalue weighted by atomic mass is 10.2. The summed E-state index contributed by atoms with van der Waals surface area (Å²) in [6.07, 6.45) is 1.10. The van der Waals surface area contributed by atoms with Crippen LogP contribution in [0.3, 0.4) is 0 Å². The Morgan fingerprint density at radius 1 is 1.52 bits per heavy atom. The number of aromatic nitrogens is 1. The number of hydrogen-bond acceptors (Lipinski definition) is 6. The van der Waals surface area contributed by atoms with Crippen LogP contribution in [0.2, 0.25) is 0 Å². The summed E-state index contributed by atoms with van der Waals surface area (Å²) in [5.74, 6) is -0.926. The first-order valence-corrected chi connectivity index (χ1v) is 8.13. The number of carbonyl (C=O) groups is 1. The second-order valence-corrected chi connectivity index (χ2v) is 6.10. The SMILES string of the molecule is CCN(CC)C1CCN(c2nc(COC)c(C(=O)O)s2)C1. The first kappa shape index (κ1) is 16.2. The zero-order valence-electron chi connectivity index (χ0n) is 12.8. The van der Waals surface area contributed by atoms with E-state index in [-0.39, 0.29) is 11.5 Å². The summed E-state index contributed by atoms with van der Waals surface area (Å²) in [7, 11) is 1.55. The second-order valence-electron chi connectivity index (χ2n) is 5.12. The standard InChI is InChI=1S/C14H23N3O3S/c1-4-16(5-2)10-6-7-17(8-10)14-15-11(9-20-3)12(21-14)13(18)19/h10H,4-9H2,1-3H3,(H,18,19). The lowest BCUT2D eigenvalue weighted by molar-refractivity contribution is 0.0697. The quantitative estimate of drug-likeness (QED) is 0.829. The molecule has 1 atom stereocenters. The van der Waals surface area contributed by atoms with Crippen molar-refractivity contribution in [2.75, 3.05) is 38.2 Å². The van der Waals surface area contributed by atoms with Gasteiger partial charge < -0.3 is 14.7 Å². The van der Waals surface area contributed by atoms with Gasteiger partial charge in [0.25, 0.3) is 0 Å². The molecule has 6 nitrogen and oxygen atoms in total. The Hall–Kier alpha value is -1.18. The van der Waals surface area contributed by atoms with E-state index in [1.54, 1.807) is 7.11 Å². The number of rotatable bonds is 7. The zero-order valence-corrected chi connectivity index (χ0v) is 13.7. The molecule has 0 amide bonds. The molecule has 1 aromatic heterocycles. The number of methoxy groups -OCH3 is 1. The molecule has 1 unspecified atom stereocenters. The fourth-order valence-electron chi connectivity index (χ4n) is 2.83. The van der Waals surface area contributed by atoms with E-state index in [9.17, 15) is 9.90 Å². The predicted molar refractivity (Wildman–Crippen MR) is 83.3 cm³/mol. The van der Waals surface area contributed by atoms with Gasteiger partial charge in [-0.3, -0.25) is 4.90 Å². The third-order valence-electron chi connectivity index (χ3n) is 3.92. The number of nitrogens with zero attached hydrogens (tertiary/aromatic N) is 3. The molecule has 1 aliphatic heterocycles. The molecular weight excluding hydrogens is 290 g/mol. The molecule has 21 heavy (non-hydrogen) atoms. The van der Waals surface area contributed by atoms with Gasteiger partial charge in [0, 0.05) is 26.2 Å². The van der Waals surface area contributed by atoms with Gasteiger partial charge in [-0.25, -0.2) is 9.78 Å². The van der Waals surface area contributed by atoms with Crippen molar-refractivity contribution in [3.05, 3.63) is 10.6 Å². The predicted octanol–water partition coefficient (Wildman–Crippen LogP) is 1.91. The average Bonchev–Trinajstić information content (AvgIpc) is 3.07. The first-order chi connectivity index (χ1) is 10.1. The molecule has 7 heteroatoms. The first-order valence-electron chi connectivity index (χ1n) is 7.31. The highest BCUT2D eigenvalue weighted by molar-refractivity contribution is 7.17. The molecule has 0 aliphatic carbocycles. The topological polar surface area (TPSA) is 65.9 Å². The minimum atomic E-state index is -0.926. The Morgan fingerprint density at radius 3 is 2.81 bits per heavy atom. The number of ether oxygens (including phenoxy) is 1. The van der Waals surface area contributed by atoms with Gasteiger partial charge in [0.15, 0.2) is 5.13 Å². The summed E-state index contributed by atoms with van der Waals surface area (Å²) in [5, 5.41) is 10.1. The van der Waals surface area contributed by atoms with Crippen molar-refractivity contribution in [1.82, 2.24) is 9.88 Å². The van der Waals surface area contributed by atoms with Gasteiger partial charge >= 0.3 is 5.97 Å². The molecule has 1 aliphatic rings. The van der Waals surface area contributed by atoms with Crippen LogP contribution in [0, 0.1) is 0 Å². The maximum absolute atomic E-state index is 11.3. The number of thiazole rings is 1. The Morgan fingerprint density at radius 2 is 2.24 bits per heavy atom. The molecule has 0 spiro atoms. The van der Waals surface area contributed by atoms with Gasteiger partial charge in [-0.15, -0.1) is 0 Å². The molecule has 2 heterocycles. The summed E-state index contributed by atoms with van der Waals surface area (Å²) >= 11 is 1.25. The number of aromatic carboxylic acids is 1. The highest BCUT2D eigenvalue weighted by Crippen LogP contribution is 2.30. The van der Waals surface area contributed by atoms with Crippen LogP contribution in [0.15, 0.2) is 0 Å². The minimum Gasteiger partial charge on any atom is -0.477 e. The van der Waals surface area contributed by atoms with Crippen molar-refractivity contribution in [1.29, 1.82) is 0 Å². The number of hydrogen-bond donors (Lipinski definition) is 1. The number of likely N-dealkylation sites (N-methyl/N-ethyl adjacent to an activating group) is 1. The van der Waals surface area contributed by atoms with Crippen LogP contribution in [0.1, 0.15) is 35.6 Å². The molecule has 2 rings (SSSR count). The monoisotopic (exact) mass is 313 g/mol. The maximum atomic E-state index is 11.3. The van der Waals surface area contributed by atoms with Gasteiger partial charge in [0.05, 0.1) is 12.3 Å². The summed E-state index contributed by atoms with van der Waals surface area (Å²) in [5.41, 5.74) is 0.524. The molecule has 1 saturated heterocycles. The maximum Gasteiger partial charge on any atom is 0.347 e. The van der Waals surface area contributed by atoms with Crippen molar-refractivity contribution in [2.24, 2.45) is 0 Å². The number of anilines is 1. The smallest absolute Gasteiger partial charge is 0.347 e. The van der Waals surface area contributed by atoms with E-state index < -0.39 is 5.97 Å². The molecule has 118 valence electrons. The fourth-order valence-corrected chi connectivity index (χ4v) is 3.77. The summed E-state index contributed by atoms with van der Waals surface area (Å²) in [4.78, 5) is 20.7. The van der Waals surface area contributed by atoms with E-state index in [1.165, 1.54) is 11.3 Å². The van der Waals surface area contributed by atoms with Gasteiger partial charge in [-0.1, -0.05) is 25.2 Å². The van der Waals surface area contributed by atoms with Crippen LogP contribution in [0.25, 0.3) is 0 Å². The average molecular weight is 313 g/mol. The highest BCUT2D eigenvalue weighted by atomic mass is 32.1. The molecule has 1 N–H and O–H groups in total. The van der Waals surface area contributed by atoms with E-state index >= 15 is 0 Å². The Kier molecular flexibility index (Phi) is 5.55. The second kappa shape index (κ2) is 7.20. The van der Waals surface area contributed by atoms with Gasteiger partial charge in [0.1, 0.15) is 4.88 Å². The van der Waals surface area contributed by atoms with Gasteiger partial charge in [-0.2, -0.15) is 0 Å². The highest BCUT2D eigenvalue weighted by Gasteiger charge is 2.29. The normalized spacial score (nSPS) is 18.7. The molecule has 1 fully saturated rings. The molecule has 0 saturated carbocycles. The van der Waals surface area contributed by atoms with E-state index in [0.717, 1.165) is 37.7 Å². The van der Waals surface area contributed by atoms with Crippen LogP contribution in [0.5, 0.6) is 0 Å². The lowest BCUT2D eigenvalue weighted by Gasteiger charge is -2.25. The van der Waals surface area contributed by atoms with Gasteiger partial charge in [-0.05, 0) is 19.5 Å². The Balaban J connectivity index is 2.12. The van der Waals surface area contributed by atoms with E-state index in [2.05, 4.69) is 28.6 Å². The number of carboxylic acids is 1. The molecule has 0 bridgehead atoms. The lowest BCUT2D eigenvalue weighted by Crippen LogP contribution is -2.37. The summed E-state index contributed by atoms with van der Waals surface area (Å²) in [6.45, 7) is 8.53. The molecule has 0 radical (unpaired) electrons. The van der Waals surface area contributed by atoms with E-state index in [0.29, 0.717) is 11.7 Å². The van der Waals surface area contributed by atoms with E-state index in [1.807, 2.05) is 0 Å². The van der Waals surface area contributed by atoms with Crippen molar-refractivity contribution < 1.29 is 14.6 Å². The van der Waals surface area contributed by atoms with Crippen molar-refractivity contribution in [3.63, 3.8) is 0 Å². The van der Waals surface area contributed by atoms with Crippen molar-refractivity contribution in [2.45, 2.75) is 32.9 Å². The van der Waals surface area contributed by atoms with Crippen LogP contribution >= 0.6 is 11.3 Å². The Bertz CT molecular complexity index is 488. The number of carboxylic acid groups (broad SMARTS) is 1. The molecule has 0 aromatic carbocycles. The molecule has 1 aromatic rings. The largest absolute Gasteiger partial charge is 0.477 e. The van der Waals surface area contributed by atoms with Crippen LogP contribution in [-0.2, 0) is 11.3 Å². The minimum absolute atomic E-state index is 0.242.